The maximum absolute atomic E-state index is 10.4. The van der Waals surface area contributed by atoms with Crippen molar-refractivity contribution < 1.29 is 20.1 Å². The molecule has 0 radical (unpaired) electrons. The molecule has 2 aromatic heterocycles. The summed E-state index contributed by atoms with van der Waals surface area (Å²) in [7, 11) is 0. The van der Waals surface area contributed by atoms with Gasteiger partial charge in [0.2, 0.25) is 0 Å². The first kappa shape index (κ1) is 14.9. The molecule has 8 nitrogen and oxygen atoms in total. The third-order valence-electron chi connectivity index (χ3n) is 2.83. The average Bonchev–Trinajstić information content (AvgIpc) is 2.88. The van der Waals surface area contributed by atoms with E-state index in [0.29, 0.717) is 16.2 Å². The second-order valence-electron chi connectivity index (χ2n) is 4.14. The molecule has 2 rings (SSSR count). The van der Waals surface area contributed by atoms with Crippen LogP contribution in [0.2, 0.25) is 0 Å². The molecule has 0 fully saturated rings. The number of imidazole rings is 1. The summed E-state index contributed by atoms with van der Waals surface area (Å²) < 4.78 is 1.53. The number of fused-ring (bicyclic) bond motifs is 1. The second kappa shape index (κ2) is 6.27. The molecule has 0 unspecified atom stereocenters. The first-order valence-electron chi connectivity index (χ1n) is 5.77. The van der Waals surface area contributed by atoms with Gasteiger partial charge < -0.3 is 24.7 Å². The van der Waals surface area contributed by atoms with Crippen LogP contribution in [0.15, 0.2) is 17.7 Å². The summed E-state index contributed by atoms with van der Waals surface area (Å²) in [4.78, 5) is 22.7. The minimum Gasteiger partial charge on any atom is -0.388 e. The highest BCUT2D eigenvalue weighted by Gasteiger charge is 2.25. The molecule has 9 heteroatoms. The molecule has 0 spiro atoms. The number of thioether (sulfide) groups is 1. The molecule has 0 aliphatic rings. The normalized spacial score (nSPS) is 16.0. The lowest BCUT2D eigenvalue weighted by Crippen LogP contribution is -2.40. The third kappa shape index (κ3) is 2.80. The van der Waals surface area contributed by atoms with Crippen molar-refractivity contribution in [1.29, 1.82) is 0 Å². The summed E-state index contributed by atoms with van der Waals surface area (Å²) in [5.74, 6) is 0. The van der Waals surface area contributed by atoms with Gasteiger partial charge in [-0.15, -0.1) is 11.8 Å². The van der Waals surface area contributed by atoms with Crippen molar-refractivity contribution in [1.82, 2.24) is 19.5 Å². The van der Waals surface area contributed by atoms with E-state index in [4.69, 9.17) is 0 Å². The number of hydrogen-bond donors (Lipinski definition) is 3. The van der Waals surface area contributed by atoms with Crippen LogP contribution in [0, 0.1) is 0 Å². The van der Waals surface area contributed by atoms with Crippen LogP contribution in [0.25, 0.3) is 11.2 Å². The van der Waals surface area contributed by atoms with E-state index >= 15 is 0 Å². The van der Waals surface area contributed by atoms with Gasteiger partial charge in [0.25, 0.3) is 0 Å². The zero-order valence-electron chi connectivity index (χ0n) is 10.6. The molecule has 3 atom stereocenters. The van der Waals surface area contributed by atoms with Gasteiger partial charge in [-0.2, -0.15) is 0 Å². The van der Waals surface area contributed by atoms with Crippen LogP contribution in [0.3, 0.4) is 0 Å². The number of aromatic nitrogens is 4. The van der Waals surface area contributed by atoms with Crippen LogP contribution in [0.1, 0.15) is 0 Å². The van der Waals surface area contributed by atoms with Crippen molar-refractivity contribution in [3.05, 3.63) is 12.7 Å². The maximum atomic E-state index is 10.4. The Bertz CT molecular complexity index is 605. The summed E-state index contributed by atoms with van der Waals surface area (Å²) in [6.07, 6.45) is 0.370. The molecular formula is C11H14N4O4S. The number of aldehydes is 1. The highest BCUT2D eigenvalue weighted by Crippen LogP contribution is 2.21. The van der Waals surface area contributed by atoms with E-state index in [1.807, 2.05) is 6.26 Å². The summed E-state index contributed by atoms with van der Waals surface area (Å²) >= 11 is 1.42. The SMILES string of the molecule is CSc1ncnc2c1ncn2C[C@@H](O)[C@@H](O)[C@@H](O)C=O. The van der Waals surface area contributed by atoms with Crippen LogP contribution < -0.4 is 0 Å². The van der Waals surface area contributed by atoms with Crippen LogP contribution in [-0.4, -0.2) is 65.7 Å². The van der Waals surface area contributed by atoms with E-state index in [-0.39, 0.29) is 12.8 Å². The van der Waals surface area contributed by atoms with Crippen molar-refractivity contribution in [2.75, 3.05) is 6.26 Å². The van der Waals surface area contributed by atoms with E-state index < -0.39 is 18.3 Å². The van der Waals surface area contributed by atoms with Gasteiger partial charge in [0, 0.05) is 0 Å². The van der Waals surface area contributed by atoms with Gasteiger partial charge in [-0.25, -0.2) is 15.0 Å². The average molecular weight is 298 g/mol. The first-order chi connectivity index (χ1) is 9.58. The maximum Gasteiger partial charge on any atom is 0.164 e. The minimum absolute atomic E-state index is 0.0482. The Kier molecular flexibility index (Phi) is 4.65. The Balaban J connectivity index is 2.24. The van der Waals surface area contributed by atoms with Crippen LogP contribution >= 0.6 is 11.8 Å². The first-order valence-corrected chi connectivity index (χ1v) is 7.00. The topological polar surface area (TPSA) is 121 Å². The van der Waals surface area contributed by atoms with Crippen molar-refractivity contribution in [2.24, 2.45) is 0 Å². The van der Waals surface area contributed by atoms with Gasteiger partial charge in [0.05, 0.1) is 12.9 Å². The zero-order chi connectivity index (χ0) is 14.7. The number of carbonyl (C=O) groups excluding carboxylic acids is 1. The second-order valence-corrected chi connectivity index (χ2v) is 4.93. The van der Waals surface area contributed by atoms with Crippen LogP contribution in [-0.2, 0) is 11.3 Å². The molecule has 2 heterocycles. The van der Waals surface area contributed by atoms with Crippen LogP contribution in [0.5, 0.6) is 0 Å². The van der Waals surface area contributed by atoms with Gasteiger partial charge in [0.15, 0.2) is 11.9 Å². The van der Waals surface area contributed by atoms with Gasteiger partial charge >= 0.3 is 0 Å². The van der Waals surface area contributed by atoms with E-state index in [1.54, 1.807) is 0 Å². The molecule has 2 aromatic rings. The number of hydrogen-bond acceptors (Lipinski definition) is 8. The molecule has 0 amide bonds. The largest absolute Gasteiger partial charge is 0.388 e. The summed E-state index contributed by atoms with van der Waals surface area (Å²) in [5.41, 5.74) is 1.11. The number of aliphatic hydroxyl groups is 3. The summed E-state index contributed by atoms with van der Waals surface area (Å²) in [6.45, 7) is -0.0482. The number of nitrogens with zero attached hydrogens (tertiary/aromatic N) is 4. The molecule has 0 bridgehead atoms. The van der Waals surface area contributed by atoms with Gasteiger partial charge in [-0.1, -0.05) is 0 Å². The number of carbonyl (C=O) groups is 1. The van der Waals surface area contributed by atoms with Crippen molar-refractivity contribution in [3.63, 3.8) is 0 Å². The molecule has 0 aliphatic heterocycles. The van der Waals surface area contributed by atoms with Crippen molar-refractivity contribution in [3.8, 4) is 0 Å². The lowest BCUT2D eigenvalue weighted by atomic mass is 10.1. The van der Waals surface area contributed by atoms with E-state index in [0.717, 1.165) is 0 Å². The monoisotopic (exact) mass is 298 g/mol. The molecule has 0 aliphatic carbocycles. The van der Waals surface area contributed by atoms with Crippen molar-refractivity contribution >= 4 is 29.2 Å². The lowest BCUT2D eigenvalue weighted by Gasteiger charge is -2.19. The minimum atomic E-state index is -1.63. The Morgan fingerprint density at radius 3 is 2.75 bits per heavy atom. The molecule has 0 aromatic carbocycles. The molecule has 0 saturated carbocycles. The van der Waals surface area contributed by atoms with Gasteiger partial charge in [-0.3, -0.25) is 0 Å². The number of aliphatic hydroxyl groups excluding tert-OH is 3. The third-order valence-corrected chi connectivity index (χ3v) is 3.51. The molecule has 20 heavy (non-hydrogen) atoms. The Labute approximate surface area is 118 Å². The predicted octanol–water partition coefficient (Wildman–Crippen LogP) is -1.17. The van der Waals surface area contributed by atoms with Gasteiger partial charge in [-0.05, 0) is 6.26 Å². The fourth-order valence-corrected chi connectivity index (χ4v) is 2.25. The summed E-state index contributed by atoms with van der Waals surface area (Å²) in [5, 5.41) is 29.3. The molecule has 108 valence electrons. The van der Waals surface area contributed by atoms with E-state index in [1.165, 1.54) is 29.0 Å². The van der Waals surface area contributed by atoms with E-state index in [9.17, 15) is 20.1 Å². The highest BCUT2D eigenvalue weighted by molar-refractivity contribution is 7.98. The molecule has 0 saturated heterocycles. The quantitative estimate of drug-likeness (QED) is 0.346. The zero-order valence-corrected chi connectivity index (χ0v) is 11.4. The smallest absolute Gasteiger partial charge is 0.164 e. The fourth-order valence-electron chi connectivity index (χ4n) is 1.76. The number of rotatable bonds is 6. The standard InChI is InChI=1S/C11H14N4O4S/c1-20-11-8-10(12-4-13-11)15(5-14-8)2-6(17)9(19)7(18)3-16/h3-7,9,17-19H,2H2,1H3/t6-,7+,9-/m1/s1. The molecule has 3 N–H and O–H groups in total. The summed E-state index contributed by atoms with van der Waals surface area (Å²) in [6, 6.07) is 0. The fraction of sp³-hybridized carbons (Fsp3) is 0.455. The lowest BCUT2D eigenvalue weighted by molar-refractivity contribution is -0.126. The Hall–Kier alpha value is -1.55. The predicted molar refractivity (Wildman–Crippen MR) is 71.2 cm³/mol. The van der Waals surface area contributed by atoms with Crippen LogP contribution in [0.4, 0.5) is 0 Å². The van der Waals surface area contributed by atoms with E-state index in [2.05, 4.69) is 15.0 Å². The van der Waals surface area contributed by atoms with Crippen molar-refractivity contribution in [2.45, 2.75) is 29.9 Å². The molecular weight excluding hydrogens is 284 g/mol. The highest BCUT2D eigenvalue weighted by atomic mass is 32.2. The van der Waals surface area contributed by atoms with Gasteiger partial charge in [0.1, 0.15) is 35.2 Å². The Morgan fingerprint density at radius 1 is 1.35 bits per heavy atom. The Morgan fingerprint density at radius 2 is 2.10 bits per heavy atom.